The highest BCUT2D eigenvalue weighted by atomic mass is 15.2. The summed E-state index contributed by atoms with van der Waals surface area (Å²) in [7, 11) is 0. The van der Waals surface area contributed by atoms with Crippen LogP contribution in [0.25, 0.3) is 61.7 Å². The van der Waals surface area contributed by atoms with Gasteiger partial charge in [0.15, 0.2) is 17.5 Å². The summed E-state index contributed by atoms with van der Waals surface area (Å²) in [5.74, 6) is 1.93. The van der Waals surface area contributed by atoms with Crippen LogP contribution in [0.2, 0.25) is 0 Å². The molecule has 0 atom stereocenters. The number of para-hydroxylation sites is 4. The van der Waals surface area contributed by atoms with Crippen LogP contribution in [0.15, 0.2) is 231 Å². The first-order valence-corrected chi connectivity index (χ1v) is 22.0. The highest BCUT2D eigenvalue weighted by Gasteiger charge is 2.22. The van der Waals surface area contributed by atoms with E-state index in [0.717, 1.165) is 89.4 Å². The van der Waals surface area contributed by atoms with Gasteiger partial charge in [-0.25, -0.2) is 15.0 Å². The van der Waals surface area contributed by atoms with Crippen LogP contribution in [-0.2, 0) is 0 Å². The summed E-state index contributed by atoms with van der Waals surface area (Å²) in [5, 5.41) is 2.30. The van der Waals surface area contributed by atoms with Crippen molar-refractivity contribution in [3.05, 3.63) is 242 Å². The van der Waals surface area contributed by atoms with Gasteiger partial charge in [0.05, 0.1) is 11.0 Å². The van der Waals surface area contributed by atoms with Crippen LogP contribution in [-0.4, -0.2) is 19.5 Å². The molecule has 0 unspecified atom stereocenters. The minimum Gasteiger partial charge on any atom is -0.310 e. The fraction of sp³-hybridized carbons (Fsp3) is 0.0339. The van der Waals surface area contributed by atoms with Crippen LogP contribution in [0.3, 0.4) is 0 Å². The lowest BCUT2D eigenvalue weighted by molar-refractivity contribution is 1.06. The minimum atomic E-state index is 0.643. The Labute approximate surface area is 379 Å². The third kappa shape index (κ3) is 7.37. The Kier molecular flexibility index (Phi) is 10.2. The zero-order valence-electron chi connectivity index (χ0n) is 36.1. The van der Waals surface area contributed by atoms with Crippen LogP contribution >= 0.6 is 0 Å². The van der Waals surface area contributed by atoms with Gasteiger partial charge in [0.1, 0.15) is 0 Å². The summed E-state index contributed by atoms with van der Waals surface area (Å²) in [5.41, 5.74) is 14.9. The fourth-order valence-corrected chi connectivity index (χ4v) is 8.96. The highest BCUT2D eigenvalue weighted by molar-refractivity contribution is 6.12. The SMILES string of the molecule is Cc1c(-c2nc(-c3ccccc3)nc(-c3ccccc3)n2)ccc(-n2c3ccc(N(c4ccccc4)c4ccccc4)cc3c3cc(N(c4ccccc4)c4ccccc4)ccc32)c1C. The van der Waals surface area contributed by atoms with Crippen LogP contribution in [0, 0.1) is 13.8 Å². The Bertz CT molecular complexity index is 3150. The smallest absolute Gasteiger partial charge is 0.164 e. The first kappa shape index (κ1) is 39.3. The number of rotatable bonds is 10. The van der Waals surface area contributed by atoms with E-state index in [1.807, 2.05) is 60.7 Å². The lowest BCUT2D eigenvalue weighted by Gasteiger charge is -2.26. The molecular weight excluding hydrogens is 793 g/mol. The van der Waals surface area contributed by atoms with E-state index >= 15 is 0 Å². The average Bonchev–Trinajstić information content (AvgIpc) is 3.69. The van der Waals surface area contributed by atoms with Gasteiger partial charge in [-0.15, -0.1) is 0 Å². The van der Waals surface area contributed by atoms with Crippen molar-refractivity contribution in [2.45, 2.75) is 13.8 Å². The molecule has 11 aromatic rings. The summed E-state index contributed by atoms with van der Waals surface area (Å²) >= 11 is 0. The van der Waals surface area contributed by atoms with E-state index in [-0.39, 0.29) is 0 Å². The van der Waals surface area contributed by atoms with Gasteiger partial charge in [0.2, 0.25) is 0 Å². The Morgan fingerprint density at radius 3 is 1.06 bits per heavy atom. The van der Waals surface area contributed by atoms with Crippen molar-refractivity contribution >= 4 is 55.9 Å². The monoisotopic (exact) mass is 836 g/mol. The Morgan fingerprint density at radius 1 is 0.323 bits per heavy atom. The van der Waals surface area contributed by atoms with Crippen LogP contribution in [0.4, 0.5) is 34.1 Å². The van der Waals surface area contributed by atoms with E-state index in [1.54, 1.807) is 0 Å². The zero-order chi connectivity index (χ0) is 43.7. The molecule has 6 nitrogen and oxygen atoms in total. The summed E-state index contributed by atoms with van der Waals surface area (Å²) < 4.78 is 2.42. The molecule has 0 aliphatic rings. The third-order valence-corrected chi connectivity index (χ3v) is 12.2. The molecule has 0 spiro atoms. The van der Waals surface area contributed by atoms with Gasteiger partial charge in [0.25, 0.3) is 0 Å². The van der Waals surface area contributed by atoms with Crippen molar-refractivity contribution in [2.24, 2.45) is 0 Å². The van der Waals surface area contributed by atoms with Crippen molar-refractivity contribution in [3.63, 3.8) is 0 Å². The fourth-order valence-electron chi connectivity index (χ4n) is 8.96. The molecule has 0 amide bonds. The van der Waals surface area contributed by atoms with E-state index in [1.165, 1.54) is 0 Å². The molecule has 2 heterocycles. The zero-order valence-corrected chi connectivity index (χ0v) is 36.1. The second kappa shape index (κ2) is 16.9. The summed E-state index contributed by atoms with van der Waals surface area (Å²) in [6, 6.07) is 80.8. The standard InChI is InChI=1S/C59H44N6/c1-41-42(2)54(38-35-51(41)59-61-57(43-21-9-3-10-22-43)60-58(62-59)44-23-11-4-12-24-44)65-55-36-33-49(63(45-25-13-5-14-26-45)46-27-15-6-16-28-46)39-52(55)53-40-50(34-37-56(53)65)64(47-29-17-7-18-30-47)48-31-19-8-20-32-48/h3-40H,1-2H3. The predicted octanol–water partition coefficient (Wildman–Crippen LogP) is 15.5. The summed E-state index contributed by atoms with van der Waals surface area (Å²) in [6.45, 7) is 4.40. The summed E-state index contributed by atoms with van der Waals surface area (Å²) in [6.07, 6.45) is 0. The second-order valence-electron chi connectivity index (χ2n) is 16.2. The van der Waals surface area contributed by atoms with E-state index < -0.39 is 0 Å². The number of aromatic nitrogens is 4. The molecule has 9 aromatic carbocycles. The van der Waals surface area contributed by atoms with Crippen molar-refractivity contribution in [1.29, 1.82) is 0 Å². The Hall–Kier alpha value is -8.61. The van der Waals surface area contributed by atoms with Crippen molar-refractivity contribution in [3.8, 4) is 39.9 Å². The molecule has 0 saturated heterocycles. The molecule has 2 aromatic heterocycles. The number of hydrogen-bond acceptors (Lipinski definition) is 5. The van der Waals surface area contributed by atoms with Gasteiger partial charge in [0, 0.05) is 67.3 Å². The normalized spacial score (nSPS) is 11.2. The van der Waals surface area contributed by atoms with E-state index in [9.17, 15) is 0 Å². The lowest BCUT2D eigenvalue weighted by Crippen LogP contribution is -2.09. The van der Waals surface area contributed by atoms with Gasteiger partial charge in [-0.05, 0) is 122 Å². The molecular formula is C59H44N6. The molecule has 0 aliphatic carbocycles. The highest BCUT2D eigenvalue weighted by Crippen LogP contribution is 2.43. The molecule has 0 fully saturated rings. The van der Waals surface area contributed by atoms with Crippen molar-refractivity contribution < 1.29 is 0 Å². The maximum atomic E-state index is 5.11. The number of anilines is 6. The third-order valence-electron chi connectivity index (χ3n) is 12.2. The molecule has 0 aliphatic heterocycles. The Balaban J connectivity index is 1.12. The van der Waals surface area contributed by atoms with Crippen molar-refractivity contribution in [1.82, 2.24) is 19.5 Å². The predicted molar refractivity (Wildman–Crippen MR) is 269 cm³/mol. The second-order valence-corrected chi connectivity index (χ2v) is 16.2. The van der Waals surface area contributed by atoms with Crippen molar-refractivity contribution in [2.75, 3.05) is 9.80 Å². The number of benzene rings is 9. The molecule has 6 heteroatoms. The molecule has 0 radical (unpaired) electrons. The minimum absolute atomic E-state index is 0.643. The van der Waals surface area contributed by atoms with Gasteiger partial charge >= 0.3 is 0 Å². The molecule has 0 bridgehead atoms. The van der Waals surface area contributed by atoms with E-state index in [4.69, 9.17) is 15.0 Å². The molecule has 310 valence electrons. The first-order chi connectivity index (χ1) is 32.1. The van der Waals surface area contributed by atoms with Gasteiger partial charge in [-0.3, -0.25) is 0 Å². The maximum Gasteiger partial charge on any atom is 0.164 e. The van der Waals surface area contributed by atoms with E-state index in [2.05, 4.69) is 198 Å². The lowest BCUT2D eigenvalue weighted by atomic mass is 10.00. The molecule has 0 saturated carbocycles. The van der Waals surface area contributed by atoms with Gasteiger partial charge in [-0.2, -0.15) is 0 Å². The van der Waals surface area contributed by atoms with Crippen LogP contribution in [0.5, 0.6) is 0 Å². The van der Waals surface area contributed by atoms with Gasteiger partial charge in [-0.1, -0.05) is 133 Å². The average molecular weight is 837 g/mol. The quantitative estimate of drug-likeness (QED) is 0.137. The van der Waals surface area contributed by atoms with Gasteiger partial charge < -0.3 is 14.4 Å². The number of hydrogen-bond donors (Lipinski definition) is 0. The van der Waals surface area contributed by atoms with Crippen LogP contribution in [0.1, 0.15) is 11.1 Å². The topological polar surface area (TPSA) is 50.1 Å². The van der Waals surface area contributed by atoms with Crippen LogP contribution < -0.4 is 9.80 Å². The maximum absolute atomic E-state index is 5.11. The molecule has 65 heavy (non-hydrogen) atoms. The Morgan fingerprint density at radius 2 is 0.677 bits per heavy atom. The number of nitrogens with zero attached hydrogens (tertiary/aromatic N) is 6. The number of fused-ring (bicyclic) bond motifs is 3. The first-order valence-electron chi connectivity index (χ1n) is 22.0. The van der Waals surface area contributed by atoms with E-state index in [0.29, 0.717) is 17.5 Å². The largest absolute Gasteiger partial charge is 0.310 e. The molecule has 11 rings (SSSR count). The molecule has 0 N–H and O–H groups in total. The summed E-state index contributed by atoms with van der Waals surface area (Å²) in [4.78, 5) is 19.8.